The van der Waals surface area contributed by atoms with Crippen molar-refractivity contribution in [3.8, 4) is 0 Å². The number of aromatic nitrogens is 1. The predicted molar refractivity (Wildman–Crippen MR) is 49.0 cm³/mol. The smallest absolute Gasteiger partial charge is 0.152 e. The van der Waals surface area contributed by atoms with Crippen LogP contribution in [0.3, 0.4) is 0 Å². The van der Waals surface area contributed by atoms with Crippen molar-refractivity contribution in [3.63, 3.8) is 0 Å². The van der Waals surface area contributed by atoms with Crippen molar-refractivity contribution in [2.75, 3.05) is 0 Å². The summed E-state index contributed by atoms with van der Waals surface area (Å²) in [6.07, 6.45) is 4.80. The van der Waals surface area contributed by atoms with Crippen molar-refractivity contribution in [1.82, 2.24) is 4.98 Å². The first kappa shape index (κ1) is 8.94. The maximum atomic E-state index is 10.6. The lowest BCUT2D eigenvalue weighted by molar-refractivity contribution is -0.112. The molecule has 0 aromatic carbocycles. The third-order valence-corrected chi connectivity index (χ3v) is 1.47. The minimum absolute atomic E-state index is 0.0166. The van der Waals surface area contributed by atoms with Crippen LogP contribution in [0, 0.1) is 0 Å². The minimum Gasteiger partial charge on any atom is -0.295 e. The fraction of sp³-hybridized carbons (Fsp3) is 0.111. The van der Waals surface area contributed by atoms with Gasteiger partial charge in [-0.25, -0.2) is 4.98 Å². The second-order valence-electron chi connectivity index (χ2n) is 2.36. The van der Waals surface area contributed by atoms with Gasteiger partial charge in [0.2, 0.25) is 0 Å². The van der Waals surface area contributed by atoms with Crippen LogP contribution in [0.15, 0.2) is 24.4 Å². The average Bonchev–Trinajstić information content (AvgIpc) is 2.01. The largest absolute Gasteiger partial charge is 0.295 e. The molecule has 0 fully saturated rings. The first-order chi connectivity index (χ1) is 5.68. The van der Waals surface area contributed by atoms with Crippen molar-refractivity contribution >= 4 is 23.5 Å². The Kier molecular flexibility index (Phi) is 3.00. The van der Waals surface area contributed by atoms with Gasteiger partial charge in [0.25, 0.3) is 0 Å². The van der Waals surface area contributed by atoms with Gasteiger partial charge in [-0.2, -0.15) is 0 Å². The van der Waals surface area contributed by atoms with Gasteiger partial charge in [-0.1, -0.05) is 17.7 Å². The molecule has 0 saturated carbocycles. The molecule has 0 aliphatic heterocycles. The van der Waals surface area contributed by atoms with Crippen molar-refractivity contribution in [1.29, 1.82) is 0 Å². The molecule has 0 saturated heterocycles. The molecular weight excluding hydrogens is 174 g/mol. The molecule has 0 atom stereocenters. The van der Waals surface area contributed by atoms with E-state index in [9.17, 15) is 4.79 Å². The number of carbonyl (C=O) groups is 1. The lowest BCUT2D eigenvalue weighted by atomic mass is 10.2. The Balaban J connectivity index is 2.83. The van der Waals surface area contributed by atoms with Crippen LogP contribution in [-0.4, -0.2) is 10.8 Å². The van der Waals surface area contributed by atoms with Crippen LogP contribution in [-0.2, 0) is 4.79 Å². The molecule has 0 spiro atoms. The minimum atomic E-state index is 0.0166. The van der Waals surface area contributed by atoms with Gasteiger partial charge in [0, 0.05) is 6.20 Å². The Morgan fingerprint density at radius 2 is 2.42 bits per heavy atom. The van der Waals surface area contributed by atoms with Gasteiger partial charge in [-0.15, -0.1) is 0 Å². The van der Waals surface area contributed by atoms with Crippen LogP contribution in [0.5, 0.6) is 0 Å². The van der Waals surface area contributed by atoms with E-state index >= 15 is 0 Å². The van der Waals surface area contributed by atoms with E-state index < -0.39 is 0 Å². The van der Waals surface area contributed by atoms with Gasteiger partial charge < -0.3 is 0 Å². The molecule has 0 bridgehead atoms. The molecule has 0 amide bonds. The number of nitrogens with zero attached hydrogens (tertiary/aromatic N) is 1. The normalized spacial score (nSPS) is 10.5. The fourth-order valence-corrected chi connectivity index (χ4v) is 0.917. The lowest BCUT2D eigenvalue weighted by Crippen LogP contribution is -1.81. The zero-order valence-corrected chi connectivity index (χ0v) is 7.38. The molecule has 1 aromatic rings. The first-order valence-electron chi connectivity index (χ1n) is 3.48. The molecule has 1 aromatic heterocycles. The van der Waals surface area contributed by atoms with E-state index in [2.05, 4.69) is 4.98 Å². The summed E-state index contributed by atoms with van der Waals surface area (Å²) in [6.45, 7) is 1.50. The van der Waals surface area contributed by atoms with Crippen LogP contribution in [0.25, 0.3) is 6.08 Å². The van der Waals surface area contributed by atoms with Gasteiger partial charge in [0.15, 0.2) is 5.78 Å². The number of halogens is 1. The number of hydrogen-bond acceptors (Lipinski definition) is 2. The monoisotopic (exact) mass is 181 g/mol. The van der Waals surface area contributed by atoms with E-state index in [0.29, 0.717) is 5.15 Å². The number of ketones is 1. The number of carbonyl (C=O) groups excluding carboxylic acids is 1. The molecule has 0 unspecified atom stereocenters. The highest BCUT2D eigenvalue weighted by Gasteiger charge is 1.90. The third-order valence-electron chi connectivity index (χ3n) is 1.26. The number of allylic oxidation sites excluding steroid dienone is 1. The summed E-state index contributed by atoms with van der Waals surface area (Å²) in [4.78, 5) is 14.4. The molecule has 0 radical (unpaired) electrons. The van der Waals surface area contributed by atoms with E-state index in [0.717, 1.165) is 5.56 Å². The van der Waals surface area contributed by atoms with Gasteiger partial charge in [-0.3, -0.25) is 4.79 Å². The van der Waals surface area contributed by atoms with Crippen molar-refractivity contribution < 1.29 is 4.79 Å². The summed E-state index contributed by atoms with van der Waals surface area (Å²) >= 11 is 5.63. The van der Waals surface area contributed by atoms with Gasteiger partial charge >= 0.3 is 0 Å². The van der Waals surface area contributed by atoms with Crippen LogP contribution >= 0.6 is 11.6 Å². The number of pyridine rings is 1. The molecule has 0 aliphatic rings. The van der Waals surface area contributed by atoms with E-state index in [1.54, 1.807) is 24.4 Å². The van der Waals surface area contributed by atoms with E-state index in [4.69, 9.17) is 11.6 Å². The van der Waals surface area contributed by atoms with Crippen molar-refractivity contribution in [3.05, 3.63) is 35.1 Å². The zero-order chi connectivity index (χ0) is 8.97. The molecule has 1 heterocycles. The quantitative estimate of drug-likeness (QED) is 0.518. The molecule has 12 heavy (non-hydrogen) atoms. The van der Waals surface area contributed by atoms with Crippen molar-refractivity contribution in [2.45, 2.75) is 6.92 Å². The summed E-state index contributed by atoms with van der Waals surface area (Å²) in [5.74, 6) is 0.0166. The molecule has 2 nitrogen and oxygen atoms in total. The Morgan fingerprint density at radius 1 is 1.67 bits per heavy atom. The molecular formula is C9H8ClNO. The second-order valence-corrected chi connectivity index (χ2v) is 2.74. The Bertz CT molecular complexity index is 320. The highest BCUT2D eigenvalue weighted by Crippen LogP contribution is 2.08. The third kappa shape index (κ3) is 2.84. The standard InChI is InChI=1S/C9H8ClNO/c1-7(12)2-3-8-4-5-11-9(10)6-8/h2-6H,1H3/b3-2-. The van der Waals surface area contributed by atoms with Gasteiger partial charge in [0.05, 0.1) is 0 Å². The second kappa shape index (κ2) is 4.02. The van der Waals surface area contributed by atoms with Crippen molar-refractivity contribution in [2.24, 2.45) is 0 Å². The molecule has 1 rings (SSSR count). The Labute approximate surface area is 75.9 Å². The maximum Gasteiger partial charge on any atom is 0.152 e. The zero-order valence-electron chi connectivity index (χ0n) is 6.62. The topological polar surface area (TPSA) is 30.0 Å². The first-order valence-corrected chi connectivity index (χ1v) is 3.86. The fourth-order valence-electron chi connectivity index (χ4n) is 0.735. The predicted octanol–water partition coefficient (Wildman–Crippen LogP) is 2.34. The summed E-state index contributed by atoms with van der Waals surface area (Å²) in [6, 6.07) is 3.48. The molecule has 0 N–H and O–H groups in total. The van der Waals surface area contributed by atoms with E-state index in [1.807, 2.05) is 0 Å². The molecule has 62 valence electrons. The maximum absolute atomic E-state index is 10.6. The van der Waals surface area contributed by atoms with Crippen LogP contribution in [0.1, 0.15) is 12.5 Å². The van der Waals surface area contributed by atoms with E-state index in [-0.39, 0.29) is 5.78 Å². The van der Waals surface area contributed by atoms with Crippen LogP contribution in [0.2, 0.25) is 5.15 Å². The number of rotatable bonds is 2. The molecule has 0 aliphatic carbocycles. The highest BCUT2D eigenvalue weighted by molar-refractivity contribution is 6.29. The Morgan fingerprint density at radius 3 is 3.00 bits per heavy atom. The lowest BCUT2D eigenvalue weighted by Gasteiger charge is -1.91. The summed E-state index contributed by atoms with van der Waals surface area (Å²) in [5.41, 5.74) is 0.880. The molecule has 3 heteroatoms. The van der Waals surface area contributed by atoms with Crippen LogP contribution in [0.4, 0.5) is 0 Å². The average molecular weight is 182 g/mol. The van der Waals surface area contributed by atoms with Gasteiger partial charge in [0.1, 0.15) is 5.15 Å². The summed E-state index contributed by atoms with van der Waals surface area (Å²) in [7, 11) is 0. The highest BCUT2D eigenvalue weighted by atomic mass is 35.5. The Hall–Kier alpha value is -1.15. The number of hydrogen-bond donors (Lipinski definition) is 0. The van der Waals surface area contributed by atoms with Crippen LogP contribution < -0.4 is 0 Å². The van der Waals surface area contributed by atoms with E-state index in [1.165, 1.54) is 13.0 Å². The van der Waals surface area contributed by atoms with Gasteiger partial charge in [-0.05, 0) is 30.7 Å². The summed E-state index contributed by atoms with van der Waals surface area (Å²) in [5, 5.41) is 0.431. The summed E-state index contributed by atoms with van der Waals surface area (Å²) < 4.78 is 0. The SMILES string of the molecule is CC(=O)/C=C\c1ccnc(Cl)c1.